The number of phenolic OH excluding ortho intramolecular Hbond substituents is 1. The van der Waals surface area contributed by atoms with E-state index < -0.39 is 5.97 Å². The highest BCUT2D eigenvalue weighted by Gasteiger charge is 2.26. The fraction of sp³-hybridized carbons (Fsp3) is 0.467. The highest BCUT2D eigenvalue weighted by Crippen LogP contribution is 2.22. The molecule has 7 heteroatoms. The summed E-state index contributed by atoms with van der Waals surface area (Å²) < 4.78 is 11.2. The number of carbonyl (C=O) groups excluding carboxylic acids is 2. The van der Waals surface area contributed by atoms with Gasteiger partial charge >= 0.3 is 5.97 Å². The number of ether oxygens (including phenoxy) is 2. The molecule has 120 valence electrons. The minimum absolute atomic E-state index is 0.0193. The summed E-state index contributed by atoms with van der Waals surface area (Å²) in [5.74, 6) is -1.19. The van der Waals surface area contributed by atoms with E-state index in [4.69, 9.17) is 9.47 Å². The summed E-state index contributed by atoms with van der Waals surface area (Å²) in [6, 6.07) is 4.43. The lowest BCUT2D eigenvalue weighted by molar-refractivity contribution is -0.146. The number of hydrogen-bond donors (Lipinski definition) is 1. The van der Waals surface area contributed by atoms with Crippen LogP contribution in [0.2, 0.25) is 0 Å². The maximum atomic E-state index is 12.1. The molecule has 1 N–H and O–H groups in total. The Kier molecular flexibility index (Phi) is 5.42. The summed E-state index contributed by atoms with van der Waals surface area (Å²) >= 11 is 3.21. The average molecular weight is 372 g/mol. The maximum absolute atomic E-state index is 12.1. The van der Waals surface area contributed by atoms with Gasteiger partial charge in [0.2, 0.25) is 0 Å². The van der Waals surface area contributed by atoms with Gasteiger partial charge in [-0.3, -0.25) is 4.79 Å². The smallest absolute Gasteiger partial charge is 0.342 e. The zero-order valence-corrected chi connectivity index (χ0v) is 14.0. The summed E-state index contributed by atoms with van der Waals surface area (Å²) in [7, 11) is 0. The van der Waals surface area contributed by atoms with Gasteiger partial charge in [0.15, 0.2) is 6.61 Å². The first kappa shape index (κ1) is 16.8. The Balaban J connectivity index is 1.93. The van der Waals surface area contributed by atoms with Gasteiger partial charge in [0.05, 0.1) is 12.2 Å². The molecular formula is C15H18BrNO5. The highest BCUT2D eigenvalue weighted by molar-refractivity contribution is 9.10. The number of carbonyl (C=O) groups is 2. The van der Waals surface area contributed by atoms with Gasteiger partial charge in [-0.05, 0) is 32.0 Å². The molecule has 1 aliphatic heterocycles. The SMILES string of the molecule is C[C@@H]1CN(C(=O)COC(=O)c2cc(Br)ccc2O)C[C@H](C)O1. The van der Waals surface area contributed by atoms with E-state index in [1.54, 1.807) is 11.0 Å². The summed E-state index contributed by atoms with van der Waals surface area (Å²) in [5.41, 5.74) is 0.0193. The summed E-state index contributed by atoms with van der Waals surface area (Å²) in [6.07, 6.45) is -0.0879. The third kappa shape index (κ3) is 4.20. The fourth-order valence-electron chi connectivity index (χ4n) is 2.35. The van der Waals surface area contributed by atoms with Crippen LogP contribution in [0.3, 0.4) is 0 Å². The molecule has 0 radical (unpaired) electrons. The average Bonchev–Trinajstić information content (AvgIpc) is 2.45. The monoisotopic (exact) mass is 371 g/mol. The van der Waals surface area contributed by atoms with Crippen molar-refractivity contribution < 1.29 is 24.2 Å². The molecular weight excluding hydrogens is 354 g/mol. The number of benzene rings is 1. The predicted octanol–water partition coefficient (Wildman–Crippen LogP) is 1.95. The number of aromatic hydroxyl groups is 1. The molecule has 1 heterocycles. The molecule has 6 nitrogen and oxygen atoms in total. The second-order valence-electron chi connectivity index (χ2n) is 5.29. The third-order valence-corrected chi connectivity index (χ3v) is 3.77. The molecule has 22 heavy (non-hydrogen) atoms. The molecule has 1 aromatic rings. The highest BCUT2D eigenvalue weighted by atomic mass is 79.9. The van der Waals surface area contributed by atoms with Crippen molar-refractivity contribution in [3.05, 3.63) is 28.2 Å². The van der Waals surface area contributed by atoms with Gasteiger partial charge in [-0.15, -0.1) is 0 Å². The van der Waals surface area contributed by atoms with Gasteiger partial charge in [-0.2, -0.15) is 0 Å². The third-order valence-electron chi connectivity index (χ3n) is 3.28. The number of halogens is 1. The van der Waals surface area contributed by atoms with E-state index in [-0.39, 0.29) is 36.0 Å². The van der Waals surface area contributed by atoms with Crippen molar-refractivity contribution in [1.82, 2.24) is 4.90 Å². The molecule has 1 aliphatic rings. The first-order valence-electron chi connectivity index (χ1n) is 6.95. The maximum Gasteiger partial charge on any atom is 0.342 e. The number of nitrogens with zero attached hydrogens (tertiary/aromatic N) is 1. The fourth-order valence-corrected chi connectivity index (χ4v) is 2.71. The second kappa shape index (κ2) is 7.11. The van der Waals surface area contributed by atoms with Crippen LogP contribution in [-0.4, -0.2) is 53.8 Å². The molecule has 0 aromatic heterocycles. The van der Waals surface area contributed by atoms with Crippen molar-refractivity contribution in [1.29, 1.82) is 0 Å². The normalized spacial score (nSPS) is 21.5. The Morgan fingerprint density at radius 2 is 2.00 bits per heavy atom. The van der Waals surface area contributed by atoms with Crippen molar-refractivity contribution in [2.75, 3.05) is 19.7 Å². The number of hydrogen-bond acceptors (Lipinski definition) is 5. The minimum atomic E-state index is -0.735. The van der Waals surface area contributed by atoms with Gasteiger partial charge in [0, 0.05) is 17.6 Å². The van der Waals surface area contributed by atoms with Crippen LogP contribution in [0.15, 0.2) is 22.7 Å². The molecule has 0 bridgehead atoms. The number of amides is 1. The molecule has 1 saturated heterocycles. The van der Waals surface area contributed by atoms with E-state index in [1.165, 1.54) is 12.1 Å². The van der Waals surface area contributed by atoms with Crippen molar-refractivity contribution in [3.8, 4) is 5.75 Å². The number of rotatable bonds is 3. The van der Waals surface area contributed by atoms with Gasteiger partial charge in [0.25, 0.3) is 5.91 Å². The molecule has 2 rings (SSSR count). The first-order chi connectivity index (χ1) is 10.4. The van der Waals surface area contributed by atoms with Gasteiger partial charge in [-0.1, -0.05) is 15.9 Å². The van der Waals surface area contributed by atoms with Crippen molar-refractivity contribution in [3.63, 3.8) is 0 Å². The Morgan fingerprint density at radius 3 is 2.64 bits per heavy atom. The first-order valence-corrected chi connectivity index (χ1v) is 7.75. The van der Waals surface area contributed by atoms with Crippen molar-refractivity contribution in [2.45, 2.75) is 26.1 Å². The summed E-state index contributed by atoms with van der Waals surface area (Å²) in [4.78, 5) is 25.7. The Labute approximate surface area is 137 Å². The molecule has 0 aliphatic carbocycles. The molecule has 1 amide bonds. The number of esters is 1. The van der Waals surface area contributed by atoms with Crippen LogP contribution in [0.1, 0.15) is 24.2 Å². The van der Waals surface area contributed by atoms with E-state index in [9.17, 15) is 14.7 Å². The topological polar surface area (TPSA) is 76.1 Å². The van der Waals surface area contributed by atoms with Crippen molar-refractivity contribution in [2.24, 2.45) is 0 Å². The van der Waals surface area contributed by atoms with Crippen LogP contribution < -0.4 is 0 Å². The molecule has 1 aromatic carbocycles. The zero-order chi connectivity index (χ0) is 16.3. The van der Waals surface area contributed by atoms with Gasteiger partial charge in [0.1, 0.15) is 11.3 Å². The quantitative estimate of drug-likeness (QED) is 0.821. The lowest BCUT2D eigenvalue weighted by Crippen LogP contribution is -2.49. The van der Waals surface area contributed by atoms with E-state index >= 15 is 0 Å². The van der Waals surface area contributed by atoms with E-state index in [1.807, 2.05) is 13.8 Å². The summed E-state index contributed by atoms with van der Waals surface area (Å²) in [5, 5.41) is 9.66. The van der Waals surface area contributed by atoms with Gasteiger partial charge in [-0.25, -0.2) is 4.79 Å². The van der Waals surface area contributed by atoms with Crippen LogP contribution in [0.25, 0.3) is 0 Å². The Bertz CT molecular complexity index is 567. The van der Waals surface area contributed by atoms with Crippen LogP contribution in [0.4, 0.5) is 0 Å². The lowest BCUT2D eigenvalue weighted by atomic mass is 10.2. The van der Waals surface area contributed by atoms with E-state index in [0.29, 0.717) is 17.6 Å². The van der Waals surface area contributed by atoms with Crippen molar-refractivity contribution >= 4 is 27.8 Å². The van der Waals surface area contributed by atoms with E-state index in [2.05, 4.69) is 15.9 Å². The summed E-state index contributed by atoms with van der Waals surface area (Å²) in [6.45, 7) is 4.37. The zero-order valence-electron chi connectivity index (χ0n) is 12.4. The number of morpholine rings is 1. The van der Waals surface area contributed by atoms with Crippen LogP contribution in [0, 0.1) is 0 Å². The minimum Gasteiger partial charge on any atom is -0.507 e. The Hall–Kier alpha value is -1.60. The largest absolute Gasteiger partial charge is 0.507 e. The molecule has 0 unspecified atom stereocenters. The molecule has 0 saturated carbocycles. The molecule has 0 spiro atoms. The Morgan fingerprint density at radius 1 is 1.36 bits per heavy atom. The standard InChI is InChI=1S/C15H18BrNO5/c1-9-6-17(7-10(2)22-9)14(19)8-21-15(20)12-5-11(16)3-4-13(12)18/h3-5,9-10,18H,6-8H2,1-2H3/t9-,10+. The second-order valence-corrected chi connectivity index (χ2v) is 6.21. The predicted molar refractivity (Wildman–Crippen MR) is 82.7 cm³/mol. The molecule has 2 atom stereocenters. The van der Waals surface area contributed by atoms with E-state index in [0.717, 1.165) is 0 Å². The number of phenols is 1. The van der Waals surface area contributed by atoms with Crippen LogP contribution in [-0.2, 0) is 14.3 Å². The van der Waals surface area contributed by atoms with Crippen LogP contribution in [0.5, 0.6) is 5.75 Å². The lowest BCUT2D eigenvalue weighted by Gasteiger charge is -2.35. The van der Waals surface area contributed by atoms with Gasteiger partial charge < -0.3 is 19.5 Å². The van der Waals surface area contributed by atoms with Crippen LogP contribution >= 0.6 is 15.9 Å². The molecule has 1 fully saturated rings.